The van der Waals surface area contributed by atoms with Crippen LogP contribution in [0.1, 0.15) is 5.56 Å². The molecule has 1 amide bonds. The van der Waals surface area contributed by atoms with Crippen LogP contribution in [0, 0.1) is 0 Å². The van der Waals surface area contributed by atoms with E-state index in [4.69, 9.17) is 10.5 Å². The Kier molecular flexibility index (Phi) is 6.67. The Morgan fingerprint density at radius 2 is 1.94 bits per heavy atom. The number of hydrogen-bond donors (Lipinski definition) is 8. The number of H-pyrrole nitrogens is 1. The van der Waals surface area contributed by atoms with E-state index in [1.54, 1.807) is 12.1 Å². The van der Waals surface area contributed by atoms with E-state index in [1.807, 2.05) is 0 Å². The van der Waals surface area contributed by atoms with E-state index < -0.39 is 49.1 Å². The topological polar surface area (TPSA) is 212 Å². The molecule has 1 fully saturated rings. The number of anilines is 1. The fraction of sp³-hybridized carbons (Fsp3) is 0.400. The monoisotopic (exact) mass is 459 g/mol. The molecule has 0 radical (unpaired) electrons. The van der Waals surface area contributed by atoms with Gasteiger partial charge in [0.05, 0.1) is 25.0 Å². The summed E-state index contributed by atoms with van der Waals surface area (Å²) >= 11 is 0. The summed E-state index contributed by atoms with van der Waals surface area (Å²) in [4.78, 5) is 27.6. The highest BCUT2D eigenvalue weighted by atomic mass is 16.5. The Morgan fingerprint density at radius 1 is 1.18 bits per heavy atom. The average molecular weight is 459 g/mol. The van der Waals surface area contributed by atoms with Gasteiger partial charge in [-0.15, -0.1) is 0 Å². The molecule has 176 valence electrons. The summed E-state index contributed by atoms with van der Waals surface area (Å²) in [5.74, 6) is -0.219. The minimum atomic E-state index is -1.47. The normalized spacial score (nSPS) is 26.1. The molecule has 3 heterocycles. The van der Waals surface area contributed by atoms with Gasteiger partial charge in [-0.1, -0.05) is 12.1 Å². The van der Waals surface area contributed by atoms with E-state index in [9.17, 15) is 25.2 Å². The minimum Gasteiger partial charge on any atom is -0.508 e. The zero-order valence-corrected chi connectivity index (χ0v) is 17.4. The van der Waals surface area contributed by atoms with Gasteiger partial charge in [-0.3, -0.25) is 4.79 Å². The second kappa shape index (κ2) is 9.64. The minimum absolute atomic E-state index is 0.0948. The van der Waals surface area contributed by atoms with E-state index in [-0.39, 0.29) is 18.0 Å². The number of aromatic amines is 1. The number of aromatic hydroxyl groups is 1. The summed E-state index contributed by atoms with van der Waals surface area (Å²) in [6, 6.07) is 4.17. The summed E-state index contributed by atoms with van der Waals surface area (Å²) in [5.41, 5.74) is 7.58. The first kappa shape index (κ1) is 22.8. The average Bonchev–Trinajstić information content (AvgIpc) is 3.30. The van der Waals surface area contributed by atoms with Gasteiger partial charge in [-0.25, -0.2) is 15.0 Å². The molecular weight excluding hydrogens is 434 g/mol. The molecule has 33 heavy (non-hydrogen) atoms. The number of hydrogen-bond acceptors (Lipinski definition) is 11. The van der Waals surface area contributed by atoms with E-state index in [2.05, 4.69) is 30.6 Å². The second-order valence-electron chi connectivity index (χ2n) is 7.74. The Hall–Kier alpha value is -3.36. The predicted octanol–water partition coefficient (Wildman–Crippen LogP) is -2.04. The molecule has 1 unspecified atom stereocenters. The number of carbonyl (C=O) groups excluding carboxylic acids is 1. The largest absolute Gasteiger partial charge is 0.508 e. The number of nitrogens with zero attached hydrogens (tertiary/aromatic N) is 3. The van der Waals surface area contributed by atoms with Crippen LogP contribution in [0.25, 0.3) is 11.2 Å². The molecule has 1 aliphatic rings. The zero-order valence-electron chi connectivity index (χ0n) is 17.4. The molecule has 13 nitrogen and oxygen atoms in total. The molecule has 0 bridgehead atoms. The zero-order chi connectivity index (χ0) is 23.5. The summed E-state index contributed by atoms with van der Waals surface area (Å²) in [5, 5.41) is 45.9. The number of nitrogens with one attached hydrogen (secondary N) is 3. The molecule has 1 saturated heterocycles. The van der Waals surface area contributed by atoms with Crippen LogP contribution < -0.4 is 16.4 Å². The Balaban J connectivity index is 1.43. The highest BCUT2D eigenvalue weighted by molar-refractivity contribution is 5.83. The molecule has 4 rings (SSSR count). The van der Waals surface area contributed by atoms with Gasteiger partial charge < -0.3 is 46.5 Å². The lowest BCUT2D eigenvalue weighted by Crippen LogP contribution is -2.67. The van der Waals surface area contributed by atoms with Crippen molar-refractivity contribution in [1.82, 2.24) is 25.3 Å². The molecular formula is C20H25N7O6. The van der Waals surface area contributed by atoms with Crippen molar-refractivity contribution in [1.29, 1.82) is 0 Å². The summed E-state index contributed by atoms with van der Waals surface area (Å²) in [6.07, 6.45) is -2.24. The highest BCUT2D eigenvalue weighted by Gasteiger charge is 2.45. The molecule has 1 aliphatic heterocycles. The number of carbonyl (C=O) groups is 1. The Labute approximate surface area is 187 Å². The SMILES string of the molecule is N[C@H](Cc1ccc(O)cc1)C(=O)NC1[C@H](CO)O[C@H](Nc2ncnc3nc[nH]c23)[C@@H](O)[C@@H]1O. The fourth-order valence-electron chi connectivity index (χ4n) is 3.68. The fourth-order valence-corrected chi connectivity index (χ4v) is 3.68. The quantitative estimate of drug-likeness (QED) is 0.193. The summed E-state index contributed by atoms with van der Waals surface area (Å²) in [7, 11) is 0. The number of aliphatic hydroxyl groups is 3. The van der Waals surface area contributed by atoms with Gasteiger partial charge in [0.15, 0.2) is 17.7 Å². The third-order valence-corrected chi connectivity index (χ3v) is 5.47. The summed E-state index contributed by atoms with van der Waals surface area (Å²) < 4.78 is 5.72. The van der Waals surface area contributed by atoms with E-state index in [1.165, 1.54) is 24.8 Å². The van der Waals surface area contributed by atoms with Crippen molar-refractivity contribution in [2.75, 3.05) is 11.9 Å². The van der Waals surface area contributed by atoms with E-state index in [0.29, 0.717) is 11.2 Å². The number of imidazole rings is 1. The molecule has 0 saturated carbocycles. The number of aromatic nitrogens is 4. The first-order chi connectivity index (χ1) is 15.9. The lowest BCUT2D eigenvalue weighted by Gasteiger charge is -2.43. The van der Waals surface area contributed by atoms with Gasteiger partial charge >= 0.3 is 0 Å². The molecule has 0 spiro atoms. The molecule has 0 aliphatic carbocycles. The standard InChI is InChI=1S/C20H25N7O6/c21-11(5-9-1-3-10(29)4-2-9)19(32)26-13-12(6-28)33-20(16(31)15(13)30)27-18-14-17(23-7-22-14)24-8-25-18/h1-4,7-8,11-13,15-16,20,28-31H,5-6,21H2,(H,26,32)(H2,22,23,24,25,27)/t11-,12+,13?,15-,16+,20+/m1/s1. The summed E-state index contributed by atoms with van der Waals surface area (Å²) in [6.45, 7) is -0.538. The smallest absolute Gasteiger partial charge is 0.237 e. The number of phenols is 1. The van der Waals surface area contributed by atoms with Crippen molar-refractivity contribution in [3.8, 4) is 5.75 Å². The number of benzene rings is 1. The van der Waals surface area contributed by atoms with Crippen LogP contribution in [0.2, 0.25) is 0 Å². The van der Waals surface area contributed by atoms with E-state index in [0.717, 1.165) is 5.56 Å². The van der Waals surface area contributed by atoms with Gasteiger partial charge in [0.25, 0.3) is 0 Å². The van der Waals surface area contributed by atoms with E-state index >= 15 is 0 Å². The van der Waals surface area contributed by atoms with Crippen LogP contribution in [0.3, 0.4) is 0 Å². The number of rotatable bonds is 7. The lowest BCUT2D eigenvalue weighted by atomic mass is 9.94. The number of aliphatic hydroxyl groups excluding tert-OH is 3. The number of amides is 1. The van der Waals surface area contributed by atoms with Crippen molar-refractivity contribution in [3.05, 3.63) is 42.5 Å². The maximum atomic E-state index is 12.6. The molecule has 9 N–H and O–H groups in total. The number of phenolic OH excluding ortho intramolecular Hbond substituents is 1. The van der Waals surface area contributed by atoms with Crippen molar-refractivity contribution in [3.63, 3.8) is 0 Å². The van der Waals surface area contributed by atoms with Crippen LogP contribution >= 0.6 is 0 Å². The Bertz CT molecular complexity index is 1090. The first-order valence-electron chi connectivity index (χ1n) is 10.2. The molecule has 6 atom stereocenters. The highest BCUT2D eigenvalue weighted by Crippen LogP contribution is 2.24. The third-order valence-electron chi connectivity index (χ3n) is 5.47. The van der Waals surface area contributed by atoms with Gasteiger partial charge in [0.2, 0.25) is 5.91 Å². The predicted molar refractivity (Wildman–Crippen MR) is 115 cm³/mol. The number of fused-ring (bicyclic) bond motifs is 1. The van der Waals surface area contributed by atoms with Crippen LogP contribution in [-0.2, 0) is 16.0 Å². The van der Waals surface area contributed by atoms with Crippen molar-refractivity contribution in [2.45, 2.75) is 43.0 Å². The van der Waals surface area contributed by atoms with Crippen LogP contribution in [0.15, 0.2) is 36.9 Å². The first-order valence-corrected chi connectivity index (χ1v) is 10.2. The van der Waals surface area contributed by atoms with Crippen LogP contribution in [0.5, 0.6) is 5.75 Å². The van der Waals surface area contributed by atoms with Gasteiger partial charge in [-0.2, -0.15) is 0 Å². The van der Waals surface area contributed by atoms with Crippen molar-refractivity contribution < 1.29 is 30.0 Å². The molecule has 13 heteroatoms. The lowest BCUT2D eigenvalue weighted by molar-refractivity contribution is -0.185. The van der Waals surface area contributed by atoms with Gasteiger partial charge in [0.1, 0.15) is 35.9 Å². The molecule has 2 aromatic heterocycles. The van der Waals surface area contributed by atoms with Gasteiger partial charge in [-0.05, 0) is 24.1 Å². The molecule has 3 aromatic rings. The second-order valence-corrected chi connectivity index (χ2v) is 7.74. The molecule has 1 aromatic carbocycles. The van der Waals surface area contributed by atoms with Crippen LogP contribution in [-0.4, -0.2) is 89.5 Å². The number of ether oxygens (including phenoxy) is 1. The maximum absolute atomic E-state index is 12.6. The van der Waals surface area contributed by atoms with Crippen LogP contribution in [0.4, 0.5) is 5.82 Å². The van der Waals surface area contributed by atoms with Gasteiger partial charge in [0, 0.05) is 0 Å². The third kappa shape index (κ3) is 4.86. The van der Waals surface area contributed by atoms with Crippen molar-refractivity contribution in [2.24, 2.45) is 5.73 Å². The van der Waals surface area contributed by atoms with Crippen molar-refractivity contribution >= 4 is 22.9 Å². The maximum Gasteiger partial charge on any atom is 0.237 e. The number of nitrogens with two attached hydrogens (primary N) is 1. The Morgan fingerprint density at radius 3 is 2.67 bits per heavy atom.